The minimum absolute atomic E-state index is 0.0469. The van der Waals surface area contributed by atoms with E-state index in [4.69, 9.17) is 9.47 Å². The molecule has 0 aliphatic carbocycles. The third kappa shape index (κ3) is 3.14. The Bertz CT molecular complexity index is 299. The second-order valence-corrected chi connectivity index (χ2v) is 3.32. The van der Waals surface area contributed by atoms with E-state index in [2.05, 4.69) is 10.3 Å². The van der Waals surface area contributed by atoms with Crippen molar-refractivity contribution >= 4 is 0 Å². The molecule has 5 heteroatoms. The predicted octanol–water partition coefficient (Wildman–Crippen LogP) is 0.588. The highest BCUT2D eigenvalue weighted by Gasteiger charge is 2.13. The van der Waals surface area contributed by atoms with Crippen LogP contribution in [0.1, 0.15) is 0 Å². The molecule has 1 N–H and O–H groups in total. The van der Waals surface area contributed by atoms with Crippen molar-refractivity contribution in [3.05, 3.63) is 24.1 Å². The minimum atomic E-state index is -0.363. The van der Waals surface area contributed by atoms with E-state index in [0.29, 0.717) is 19.1 Å². The quantitative estimate of drug-likeness (QED) is 0.796. The van der Waals surface area contributed by atoms with Crippen molar-refractivity contribution in [2.45, 2.75) is 6.10 Å². The van der Waals surface area contributed by atoms with E-state index < -0.39 is 0 Å². The van der Waals surface area contributed by atoms with Crippen LogP contribution < -0.4 is 10.1 Å². The van der Waals surface area contributed by atoms with E-state index >= 15 is 0 Å². The molecule has 15 heavy (non-hydrogen) atoms. The Balaban J connectivity index is 1.79. The van der Waals surface area contributed by atoms with E-state index in [9.17, 15) is 4.39 Å². The van der Waals surface area contributed by atoms with E-state index in [1.54, 1.807) is 0 Å². The number of morpholine rings is 1. The number of aromatic nitrogens is 1. The van der Waals surface area contributed by atoms with Gasteiger partial charge in [-0.15, -0.1) is 0 Å². The summed E-state index contributed by atoms with van der Waals surface area (Å²) >= 11 is 0. The Hall–Kier alpha value is -1.20. The van der Waals surface area contributed by atoms with E-state index in [0.717, 1.165) is 19.3 Å². The number of hydrogen-bond acceptors (Lipinski definition) is 4. The highest BCUT2D eigenvalue weighted by molar-refractivity contribution is 5.10. The van der Waals surface area contributed by atoms with Crippen molar-refractivity contribution in [3.8, 4) is 5.88 Å². The van der Waals surface area contributed by atoms with Gasteiger partial charge in [0.15, 0.2) is 0 Å². The molecule has 0 aromatic carbocycles. The van der Waals surface area contributed by atoms with Gasteiger partial charge in [0.25, 0.3) is 0 Å². The maximum atomic E-state index is 12.5. The fourth-order valence-electron chi connectivity index (χ4n) is 1.35. The first-order valence-corrected chi connectivity index (χ1v) is 4.91. The Labute approximate surface area is 87.4 Å². The van der Waals surface area contributed by atoms with E-state index in [1.165, 1.54) is 12.1 Å². The lowest BCUT2D eigenvalue weighted by Gasteiger charge is -2.23. The SMILES string of the molecule is Fc1ccc(OCC2CNCCO2)nc1. The number of pyridine rings is 1. The zero-order chi connectivity index (χ0) is 10.5. The van der Waals surface area contributed by atoms with Crippen LogP contribution in [0.5, 0.6) is 5.88 Å². The fourth-order valence-corrected chi connectivity index (χ4v) is 1.35. The number of rotatable bonds is 3. The normalized spacial score (nSPS) is 21.3. The minimum Gasteiger partial charge on any atom is -0.475 e. The monoisotopic (exact) mass is 212 g/mol. The molecular formula is C10H13FN2O2. The predicted molar refractivity (Wildman–Crippen MR) is 52.3 cm³/mol. The lowest BCUT2D eigenvalue weighted by atomic mass is 10.3. The Morgan fingerprint density at radius 3 is 3.20 bits per heavy atom. The van der Waals surface area contributed by atoms with E-state index in [1.807, 2.05) is 0 Å². The highest BCUT2D eigenvalue weighted by atomic mass is 19.1. The number of halogens is 1. The molecule has 0 spiro atoms. The van der Waals surface area contributed by atoms with Crippen molar-refractivity contribution in [2.75, 3.05) is 26.3 Å². The summed E-state index contributed by atoms with van der Waals surface area (Å²) in [5.41, 5.74) is 0. The topological polar surface area (TPSA) is 43.4 Å². The first-order chi connectivity index (χ1) is 7.34. The molecule has 0 amide bonds. The van der Waals surface area contributed by atoms with Gasteiger partial charge in [0.1, 0.15) is 18.5 Å². The van der Waals surface area contributed by atoms with Crippen molar-refractivity contribution in [2.24, 2.45) is 0 Å². The number of nitrogens with zero attached hydrogens (tertiary/aromatic N) is 1. The van der Waals surface area contributed by atoms with Crippen LogP contribution in [0.3, 0.4) is 0 Å². The second-order valence-electron chi connectivity index (χ2n) is 3.32. The Morgan fingerprint density at radius 1 is 1.60 bits per heavy atom. The lowest BCUT2D eigenvalue weighted by Crippen LogP contribution is -2.41. The van der Waals surface area contributed by atoms with Gasteiger partial charge in [-0.2, -0.15) is 0 Å². The summed E-state index contributed by atoms with van der Waals surface area (Å²) in [6.07, 6.45) is 1.18. The van der Waals surface area contributed by atoms with Crippen LogP contribution in [-0.2, 0) is 4.74 Å². The number of ether oxygens (including phenoxy) is 2. The molecule has 1 aliphatic rings. The van der Waals surface area contributed by atoms with Crippen LogP contribution in [0.2, 0.25) is 0 Å². The van der Waals surface area contributed by atoms with Gasteiger partial charge in [0.05, 0.1) is 12.8 Å². The zero-order valence-electron chi connectivity index (χ0n) is 8.28. The average molecular weight is 212 g/mol. The van der Waals surface area contributed by atoms with Crippen molar-refractivity contribution in [1.29, 1.82) is 0 Å². The van der Waals surface area contributed by atoms with Gasteiger partial charge in [0, 0.05) is 19.2 Å². The summed E-state index contributed by atoms with van der Waals surface area (Å²) in [6.45, 7) is 2.79. The zero-order valence-corrected chi connectivity index (χ0v) is 8.28. The van der Waals surface area contributed by atoms with Gasteiger partial charge < -0.3 is 14.8 Å². The van der Waals surface area contributed by atoms with Crippen LogP contribution in [0.15, 0.2) is 18.3 Å². The van der Waals surface area contributed by atoms with Gasteiger partial charge in [-0.25, -0.2) is 9.37 Å². The summed E-state index contributed by atoms with van der Waals surface area (Å²) in [5.74, 6) is 0.0588. The lowest BCUT2D eigenvalue weighted by molar-refractivity contribution is -0.000762. The molecule has 1 fully saturated rings. The summed E-state index contributed by atoms with van der Waals surface area (Å²) in [4.78, 5) is 3.79. The maximum absolute atomic E-state index is 12.5. The van der Waals surface area contributed by atoms with Crippen LogP contribution in [0.4, 0.5) is 4.39 Å². The van der Waals surface area contributed by atoms with Crippen LogP contribution >= 0.6 is 0 Å². The molecule has 82 valence electrons. The summed E-state index contributed by atoms with van der Waals surface area (Å²) in [5, 5.41) is 3.19. The molecule has 1 aliphatic heterocycles. The molecule has 1 aromatic rings. The first kappa shape index (κ1) is 10.3. The molecule has 1 aromatic heterocycles. The summed E-state index contributed by atoms with van der Waals surface area (Å²) in [7, 11) is 0. The van der Waals surface area contributed by atoms with Crippen LogP contribution in [0.25, 0.3) is 0 Å². The maximum Gasteiger partial charge on any atom is 0.213 e. The molecule has 0 bridgehead atoms. The Kier molecular flexibility index (Phi) is 3.47. The highest BCUT2D eigenvalue weighted by Crippen LogP contribution is 2.07. The summed E-state index contributed by atoms with van der Waals surface area (Å²) < 4.78 is 23.3. The first-order valence-electron chi connectivity index (χ1n) is 4.91. The number of hydrogen-bond donors (Lipinski definition) is 1. The van der Waals surface area contributed by atoms with Crippen LogP contribution in [-0.4, -0.2) is 37.4 Å². The van der Waals surface area contributed by atoms with Crippen molar-refractivity contribution < 1.29 is 13.9 Å². The third-order valence-electron chi connectivity index (χ3n) is 2.12. The third-order valence-corrected chi connectivity index (χ3v) is 2.12. The molecule has 0 radical (unpaired) electrons. The van der Waals surface area contributed by atoms with Gasteiger partial charge in [0.2, 0.25) is 5.88 Å². The average Bonchev–Trinajstić information content (AvgIpc) is 2.30. The van der Waals surface area contributed by atoms with Crippen molar-refractivity contribution in [1.82, 2.24) is 10.3 Å². The molecule has 2 rings (SSSR count). The molecule has 1 atom stereocenters. The largest absolute Gasteiger partial charge is 0.475 e. The molecule has 2 heterocycles. The van der Waals surface area contributed by atoms with E-state index in [-0.39, 0.29) is 11.9 Å². The smallest absolute Gasteiger partial charge is 0.213 e. The van der Waals surface area contributed by atoms with Crippen LogP contribution in [0, 0.1) is 5.82 Å². The van der Waals surface area contributed by atoms with Crippen molar-refractivity contribution in [3.63, 3.8) is 0 Å². The van der Waals surface area contributed by atoms with Gasteiger partial charge >= 0.3 is 0 Å². The second kappa shape index (κ2) is 5.04. The molecule has 1 saturated heterocycles. The molecule has 4 nitrogen and oxygen atoms in total. The number of nitrogens with one attached hydrogen (secondary N) is 1. The van der Waals surface area contributed by atoms with Gasteiger partial charge in [-0.05, 0) is 6.07 Å². The van der Waals surface area contributed by atoms with Gasteiger partial charge in [-0.3, -0.25) is 0 Å². The molecule has 1 unspecified atom stereocenters. The molecule has 0 saturated carbocycles. The fraction of sp³-hybridized carbons (Fsp3) is 0.500. The summed E-state index contributed by atoms with van der Waals surface area (Å²) in [6, 6.07) is 2.83. The molecular weight excluding hydrogens is 199 g/mol. The standard InChI is InChI=1S/C10H13FN2O2/c11-8-1-2-10(13-5-8)15-7-9-6-12-3-4-14-9/h1-2,5,9,12H,3-4,6-7H2. The van der Waals surface area contributed by atoms with Gasteiger partial charge in [-0.1, -0.05) is 0 Å². The Morgan fingerprint density at radius 2 is 2.53 bits per heavy atom.